The van der Waals surface area contributed by atoms with Crippen LogP contribution in [-0.2, 0) is 20.8 Å². The molecular formula is C23H37N3O4. The number of rotatable bonds is 15. The fourth-order valence-electron chi connectivity index (χ4n) is 3.47. The number of carbonyl (C=O) groups excluding carboxylic acids is 3. The van der Waals surface area contributed by atoms with Crippen LogP contribution < -0.4 is 16.1 Å². The fraction of sp³-hybridized carbons (Fsp3) is 0.609. The van der Waals surface area contributed by atoms with E-state index in [1.165, 1.54) is 32.7 Å². The molecule has 0 bridgehead atoms. The van der Waals surface area contributed by atoms with E-state index < -0.39 is 17.9 Å². The van der Waals surface area contributed by atoms with Gasteiger partial charge >= 0.3 is 0 Å². The highest BCUT2D eigenvalue weighted by atomic mass is 16.5. The first-order valence-electron chi connectivity index (χ1n) is 11.0. The summed E-state index contributed by atoms with van der Waals surface area (Å²) in [6.45, 7) is 2.18. The quantitative estimate of drug-likeness (QED) is 0.199. The number of nitrogens with one attached hydrogen (secondary N) is 3. The van der Waals surface area contributed by atoms with E-state index in [4.69, 9.17) is 5.21 Å². The molecule has 2 atom stereocenters. The molecule has 1 aromatic rings. The van der Waals surface area contributed by atoms with E-state index in [1.807, 2.05) is 30.3 Å². The summed E-state index contributed by atoms with van der Waals surface area (Å²) in [5, 5.41) is 14.3. The van der Waals surface area contributed by atoms with Gasteiger partial charge in [-0.05, 0) is 12.0 Å². The van der Waals surface area contributed by atoms with Crippen LogP contribution in [0.5, 0.6) is 0 Å². The molecule has 168 valence electrons. The predicted molar refractivity (Wildman–Crippen MR) is 117 cm³/mol. The van der Waals surface area contributed by atoms with Crippen molar-refractivity contribution in [2.45, 2.75) is 77.2 Å². The summed E-state index contributed by atoms with van der Waals surface area (Å²) in [5.74, 6) is -1.81. The number of likely N-dealkylation sites (N-methyl/N-ethyl adjacent to an activating group) is 1. The Morgan fingerprint density at radius 3 is 2.17 bits per heavy atom. The minimum atomic E-state index is -0.723. The summed E-state index contributed by atoms with van der Waals surface area (Å²) >= 11 is 0. The molecule has 0 aliphatic heterocycles. The Labute approximate surface area is 180 Å². The SMILES string of the molecule is CCCCCCCCC[C@H](CC(=O)NO)C(=O)N[C@@H](Cc1ccccc1)C(=O)NC. The summed E-state index contributed by atoms with van der Waals surface area (Å²) in [7, 11) is 1.53. The predicted octanol–water partition coefficient (Wildman–Crippen LogP) is 3.11. The van der Waals surface area contributed by atoms with Gasteiger partial charge in [0.25, 0.3) is 0 Å². The Balaban J connectivity index is 2.67. The van der Waals surface area contributed by atoms with Crippen LogP contribution in [-0.4, -0.2) is 36.0 Å². The van der Waals surface area contributed by atoms with E-state index in [2.05, 4.69) is 17.6 Å². The third kappa shape index (κ3) is 10.4. The Hall–Kier alpha value is -2.41. The maximum Gasteiger partial charge on any atom is 0.244 e. The number of unbranched alkanes of at least 4 members (excludes halogenated alkanes) is 6. The minimum absolute atomic E-state index is 0.107. The average molecular weight is 420 g/mol. The van der Waals surface area contributed by atoms with E-state index in [-0.39, 0.29) is 18.2 Å². The lowest BCUT2D eigenvalue weighted by atomic mass is 9.95. The molecule has 0 saturated carbocycles. The van der Waals surface area contributed by atoms with Crippen molar-refractivity contribution in [3.63, 3.8) is 0 Å². The Kier molecular flexibility index (Phi) is 13.2. The molecule has 0 aliphatic rings. The zero-order valence-corrected chi connectivity index (χ0v) is 18.3. The fourth-order valence-corrected chi connectivity index (χ4v) is 3.47. The highest BCUT2D eigenvalue weighted by molar-refractivity contribution is 5.90. The van der Waals surface area contributed by atoms with Gasteiger partial charge in [0.05, 0.1) is 0 Å². The van der Waals surface area contributed by atoms with Gasteiger partial charge < -0.3 is 10.6 Å². The van der Waals surface area contributed by atoms with Gasteiger partial charge in [-0.3, -0.25) is 19.6 Å². The van der Waals surface area contributed by atoms with Gasteiger partial charge in [-0.2, -0.15) is 0 Å². The normalized spacial score (nSPS) is 12.6. The molecule has 0 unspecified atom stereocenters. The van der Waals surface area contributed by atoms with Crippen LogP contribution in [0.15, 0.2) is 30.3 Å². The maximum absolute atomic E-state index is 12.9. The van der Waals surface area contributed by atoms with Gasteiger partial charge in [0.1, 0.15) is 6.04 Å². The second kappa shape index (κ2) is 15.4. The van der Waals surface area contributed by atoms with Gasteiger partial charge in [0.2, 0.25) is 17.7 Å². The summed E-state index contributed by atoms with van der Waals surface area (Å²) in [6.07, 6.45) is 8.57. The van der Waals surface area contributed by atoms with Crippen LogP contribution in [0.2, 0.25) is 0 Å². The first kappa shape index (κ1) is 25.6. The van der Waals surface area contributed by atoms with E-state index in [1.54, 1.807) is 5.48 Å². The molecule has 1 rings (SSSR count). The lowest BCUT2D eigenvalue weighted by Gasteiger charge is -2.22. The lowest BCUT2D eigenvalue weighted by molar-refractivity contribution is -0.136. The molecule has 1 aromatic carbocycles. The van der Waals surface area contributed by atoms with E-state index in [0.29, 0.717) is 12.8 Å². The van der Waals surface area contributed by atoms with Crippen molar-refractivity contribution in [1.82, 2.24) is 16.1 Å². The summed E-state index contributed by atoms with van der Waals surface area (Å²) in [4.78, 5) is 36.8. The van der Waals surface area contributed by atoms with Crippen LogP contribution in [0.25, 0.3) is 0 Å². The van der Waals surface area contributed by atoms with Crippen LogP contribution >= 0.6 is 0 Å². The molecule has 4 N–H and O–H groups in total. The highest BCUT2D eigenvalue weighted by Gasteiger charge is 2.26. The maximum atomic E-state index is 12.9. The molecule has 0 spiro atoms. The lowest BCUT2D eigenvalue weighted by Crippen LogP contribution is -2.49. The standard InChI is InChI=1S/C23H37N3O4/c1-3-4-5-6-7-8-12-15-19(17-21(27)26-30)22(28)25-20(23(29)24-2)16-18-13-10-9-11-14-18/h9-11,13-14,19-20,30H,3-8,12,15-17H2,1-2H3,(H,24,29)(H,25,28)(H,26,27)/t19-,20+/m1/s1. The number of hydrogen-bond donors (Lipinski definition) is 4. The second-order valence-corrected chi connectivity index (χ2v) is 7.71. The molecule has 0 saturated heterocycles. The summed E-state index contributed by atoms with van der Waals surface area (Å²) in [5.41, 5.74) is 2.54. The molecule has 30 heavy (non-hydrogen) atoms. The number of hydroxylamine groups is 1. The molecule has 0 aromatic heterocycles. The van der Waals surface area contributed by atoms with E-state index in [9.17, 15) is 14.4 Å². The number of carbonyl (C=O) groups is 3. The number of benzene rings is 1. The summed E-state index contributed by atoms with van der Waals surface area (Å²) < 4.78 is 0. The van der Waals surface area contributed by atoms with Crippen molar-refractivity contribution in [3.05, 3.63) is 35.9 Å². The topological polar surface area (TPSA) is 108 Å². The zero-order valence-electron chi connectivity index (χ0n) is 18.3. The van der Waals surface area contributed by atoms with Gasteiger partial charge in [0, 0.05) is 25.8 Å². The zero-order chi connectivity index (χ0) is 22.2. The molecule has 7 heteroatoms. The van der Waals surface area contributed by atoms with Crippen molar-refractivity contribution < 1.29 is 19.6 Å². The average Bonchev–Trinajstić information content (AvgIpc) is 2.77. The first-order valence-corrected chi connectivity index (χ1v) is 11.0. The second-order valence-electron chi connectivity index (χ2n) is 7.71. The van der Waals surface area contributed by atoms with Crippen LogP contribution in [0, 0.1) is 5.92 Å². The first-order chi connectivity index (χ1) is 14.5. The van der Waals surface area contributed by atoms with Gasteiger partial charge in [-0.15, -0.1) is 0 Å². The highest BCUT2D eigenvalue weighted by Crippen LogP contribution is 2.17. The Morgan fingerprint density at radius 1 is 0.933 bits per heavy atom. The van der Waals surface area contributed by atoms with E-state index >= 15 is 0 Å². The molecular weight excluding hydrogens is 382 g/mol. The van der Waals surface area contributed by atoms with Crippen molar-refractivity contribution in [2.24, 2.45) is 5.92 Å². The largest absolute Gasteiger partial charge is 0.357 e. The molecule has 0 fully saturated rings. The van der Waals surface area contributed by atoms with Gasteiger partial charge in [0.15, 0.2) is 0 Å². The molecule has 0 heterocycles. The van der Waals surface area contributed by atoms with Crippen molar-refractivity contribution in [3.8, 4) is 0 Å². The third-order valence-corrected chi connectivity index (χ3v) is 5.25. The Bertz CT molecular complexity index is 637. The molecule has 3 amide bonds. The third-order valence-electron chi connectivity index (χ3n) is 5.25. The van der Waals surface area contributed by atoms with Gasteiger partial charge in [-0.25, -0.2) is 5.48 Å². The minimum Gasteiger partial charge on any atom is -0.357 e. The van der Waals surface area contributed by atoms with Crippen LogP contribution in [0.4, 0.5) is 0 Å². The van der Waals surface area contributed by atoms with Gasteiger partial charge in [-0.1, -0.05) is 82.2 Å². The van der Waals surface area contributed by atoms with Crippen molar-refractivity contribution >= 4 is 17.7 Å². The Morgan fingerprint density at radius 2 is 1.57 bits per heavy atom. The number of hydrogen-bond acceptors (Lipinski definition) is 4. The molecule has 0 radical (unpaired) electrons. The van der Waals surface area contributed by atoms with Crippen molar-refractivity contribution in [1.29, 1.82) is 0 Å². The smallest absolute Gasteiger partial charge is 0.244 e. The van der Waals surface area contributed by atoms with E-state index in [0.717, 1.165) is 24.8 Å². The number of amides is 3. The van der Waals surface area contributed by atoms with Crippen LogP contribution in [0.3, 0.4) is 0 Å². The molecule has 0 aliphatic carbocycles. The summed E-state index contributed by atoms with van der Waals surface area (Å²) in [6, 6.07) is 8.73. The molecule has 7 nitrogen and oxygen atoms in total. The monoisotopic (exact) mass is 419 g/mol. The van der Waals surface area contributed by atoms with Crippen LogP contribution in [0.1, 0.15) is 70.3 Å². The van der Waals surface area contributed by atoms with Crippen molar-refractivity contribution in [2.75, 3.05) is 7.05 Å².